The summed E-state index contributed by atoms with van der Waals surface area (Å²) in [4.78, 5) is 16.9. The summed E-state index contributed by atoms with van der Waals surface area (Å²) in [5, 5.41) is 3.41. The van der Waals surface area contributed by atoms with Crippen LogP contribution < -0.4 is 5.32 Å². The maximum absolute atomic E-state index is 12.4. The van der Waals surface area contributed by atoms with Crippen LogP contribution in [-0.4, -0.2) is 61.5 Å². The number of carbonyl (C=O) groups is 1. The summed E-state index contributed by atoms with van der Waals surface area (Å²) in [6.07, 6.45) is 7.47. The SMILES string of the molecule is CCN(CC(=O)N1CCCCCC1)CC1CCNCC1. The predicted octanol–water partition coefficient (Wildman–Crippen LogP) is 1.71. The average Bonchev–Trinajstić information content (AvgIpc) is 2.76. The van der Waals surface area contributed by atoms with Gasteiger partial charge in [-0.25, -0.2) is 0 Å². The molecule has 2 aliphatic rings. The highest BCUT2D eigenvalue weighted by molar-refractivity contribution is 5.78. The molecular formula is C16H31N3O. The van der Waals surface area contributed by atoms with Gasteiger partial charge in [-0.15, -0.1) is 0 Å². The molecule has 2 heterocycles. The highest BCUT2D eigenvalue weighted by atomic mass is 16.2. The van der Waals surface area contributed by atoms with Crippen molar-refractivity contribution in [2.24, 2.45) is 5.92 Å². The molecule has 0 aromatic carbocycles. The Morgan fingerprint density at radius 3 is 2.40 bits per heavy atom. The van der Waals surface area contributed by atoms with Crippen LogP contribution in [0.5, 0.6) is 0 Å². The summed E-state index contributed by atoms with van der Waals surface area (Å²) >= 11 is 0. The Bertz CT molecular complexity index is 281. The normalized spacial score (nSPS) is 22.0. The number of amides is 1. The van der Waals surface area contributed by atoms with Gasteiger partial charge in [-0.2, -0.15) is 0 Å². The Balaban J connectivity index is 1.77. The molecule has 2 fully saturated rings. The van der Waals surface area contributed by atoms with E-state index in [1.165, 1.54) is 38.5 Å². The van der Waals surface area contributed by atoms with Crippen LogP contribution in [-0.2, 0) is 4.79 Å². The van der Waals surface area contributed by atoms with Gasteiger partial charge in [0.05, 0.1) is 6.54 Å². The van der Waals surface area contributed by atoms with Gasteiger partial charge in [-0.1, -0.05) is 19.8 Å². The molecule has 0 bridgehead atoms. The van der Waals surface area contributed by atoms with Crippen molar-refractivity contribution in [3.05, 3.63) is 0 Å². The Labute approximate surface area is 123 Å². The molecular weight excluding hydrogens is 250 g/mol. The summed E-state index contributed by atoms with van der Waals surface area (Å²) < 4.78 is 0. The summed E-state index contributed by atoms with van der Waals surface area (Å²) in [7, 11) is 0. The maximum Gasteiger partial charge on any atom is 0.236 e. The number of carbonyl (C=O) groups excluding carboxylic acids is 1. The zero-order chi connectivity index (χ0) is 14.2. The lowest BCUT2D eigenvalue weighted by Crippen LogP contribution is -2.43. The van der Waals surface area contributed by atoms with Crippen molar-refractivity contribution in [1.82, 2.24) is 15.1 Å². The lowest BCUT2D eigenvalue weighted by atomic mass is 9.97. The number of rotatable bonds is 5. The first-order valence-electron chi connectivity index (χ1n) is 8.50. The molecule has 0 unspecified atom stereocenters. The fraction of sp³-hybridized carbons (Fsp3) is 0.938. The molecule has 0 aliphatic carbocycles. The summed E-state index contributed by atoms with van der Waals surface area (Å²) in [6, 6.07) is 0. The topological polar surface area (TPSA) is 35.6 Å². The maximum atomic E-state index is 12.4. The van der Waals surface area contributed by atoms with E-state index < -0.39 is 0 Å². The largest absolute Gasteiger partial charge is 0.342 e. The van der Waals surface area contributed by atoms with E-state index in [-0.39, 0.29) is 0 Å². The minimum Gasteiger partial charge on any atom is -0.342 e. The molecule has 2 rings (SSSR count). The van der Waals surface area contributed by atoms with Crippen LogP contribution >= 0.6 is 0 Å². The van der Waals surface area contributed by atoms with Crippen molar-refractivity contribution in [1.29, 1.82) is 0 Å². The smallest absolute Gasteiger partial charge is 0.236 e. The number of hydrogen-bond acceptors (Lipinski definition) is 3. The van der Waals surface area contributed by atoms with Crippen LogP contribution in [0.15, 0.2) is 0 Å². The van der Waals surface area contributed by atoms with Crippen molar-refractivity contribution in [3.8, 4) is 0 Å². The first-order valence-corrected chi connectivity index (χ1v) is 8.50. The standard InChI is InChI=1S/C16H31N3O/c1-2-18(13-15-7-9-17-10-8-15)14-16(20)19-11-5-3-4-6-12-19/h15,17H,2-14H2,1H3. The molecule has 2 aliphatic heterocycles. The highest BCUT2D eigenvalue weighted by Crippen LogP contribution is 2.14. The third-order valence-corrected chi connectivity index (χ3v) is 4.74. The molecule has 0 spiro atoms. The number of likely N-dealkylation sites (tertiary alicyclic amines) is 1. The molecule has 0 saturated carbocycles. The van der Waals surface area contributed by atoms with Gasteiger partial charge in [0.1, 0.15) is 0 Å². The van der Waals surface area contributed by atoms with Crippen LogP contribution in [0.2, 0.25) is 0 Å². The van der Waals surface area contributed by atoms with Gasteiger partial charge in [0.2, 0.25) is 5.91 Å². The number of hydrogen-bond donors (Lipinski definition) is 1. The third-order valence-electron chi connectivity index (χ3n) is 4.74. The quantitative estimate of drug-likeness (QED) is 0.833. The zero-order valence-electron chi connectivity index (χ0n) is 13.1. The van der Waals surface area contributed by atoms with Gasteiger partial charge in [0.25, 0.3) is 0 Å². The van der Waals surface area contributed by atoms with Gasteiger partial charge >= 0.3 is 0 Å². The van der Waals surface area contributed by atoms with E-state index in [2.05, 4.69) is 22.0 Å². The van der Waals surface area contributed by atoms with Crippen molar-refractivity contribution < 1.29 is 4.79 Å². The second-order valence-electron chi connectivity index (χ2n) is 6.32. The van der Waals surface area contributed by atoms with Crippen LogP contribution in [0.25, 0.3) is 0 Å². The highest BCUT2D eigenvalue weighted by Gasteiger charge is 2.21. The van der Waals surface area contributed by atoms with Crippen LogP contribution in [0, 0.1) is 5.92 Å². The molecule has 0 aromatic heterocycles. The summed E-state index contributed by atoms with van der Waals surface area (Å²) in [5.41, 5.74) is 0. The summed E-state index contributed by atoms with van der Waals surface area (Å²) in [6.45, 7) is 9.12. The van der Waals surface area contributed by atoms with Crippen LogP contribution in [0.3, 0.4) is 0 Å². The fourth-order valence-electron chi connectivity index (χ4n) is 3.35. The van der Waals surface area contributed by atoms with E-state index in [1.54, 1.807) is 0 Å². The fourth-order valence-corrected chi connectivity index (χ4v) is 3.35. The monoisotopic (exact) mass is 281 g/mol. The zero-order valence-corrected chi connectivity index (χ0v) is 13.1. The van der Waals surface area contributed by atoms with Crippen LogP contribution in [0.1, 0.15) is 45.4 Å². The first-order chi connectivity index (χ1) is 9.79. The third kappa shape index (κ3) is 5.06. The van der Waals surface area contributed by atoms with Crippen molar-refractivity contribution in [3.63, 3.8) is 0 Å². The van der Waals surface area contributed by atoms with Crippen molar-refractivity contribution in [2.45, 2.75) is 45.4 Å². The molecule has 2 saturated heterocycles. The van der Waals surface area contributed by atoms with E-state index in [1.807, 2.05) is 0 Å². The molecule has 4 nitrogen and oxygen atoms in total. The van der Waals surface area contributed by atoms with E-state index in [0.29, 0.717) is 12.5 Å². The lowest BCUT2D eigenvalue weighted by Gasteiger charge is -2.30. The molecule has 0 aromatic rings. The molecule has 4 heteroatoms. The molecule has 0 radical (unpaired) electrons. The predicted molar refractivity (Wildman–Crippen MR) is 82.8 cm³/mol. The molecule has 1 N–H and O–H groups in total. The van der Waals surface area contributed by atoms with E-state index >= 15 is 0 Å². The van der Waals surface area contributed by atoms with Crippen LogP contribution in [0.4, 0.5) is 0 Å². The summed E-state index contributed by atoms with van der Waals surface area (Å²) in [5.74, 6) is 1.12. The van der Waals surface area contributed by atoms with Gasteiger partial charge in [-0.3, -0.25) is 9.69 Å². The van der Waals surface area contributed by atoms with E-state index in [4.69, 9.17) is 0 Å². The number of likely N-dealkylation sites (N-methyl/N-ethyl adjacent to an activating group) is 1. The van der Waals surface area contributed by atoms with Crippen molar-refractivity contribution in [2.75, 3.05) is 45.8 Å². The first kappa shape index (κ1) is 15.8. The minimum atomic E-state index is 0.350. The molecule has 1 amide bonds. The number of piperidine rings is 1. The molecule has 116 valence electrons. The second kappa shape index (κ2) is 8.63. The number of nitrogens with zero attached hydrogens (tertiary/aromatic N) is 2. The van der Waals surface area contributed by atoms with E-state index in [0.717, 1.165) is 45.2 Å². The minimum absolute atomic E-state index is 0.350. The lowest BCUT2D eigenvalue weighted by molar-refractivity contribution is -0.132. The van der Waals surface area contributed by atoms with Gasteiger partial charge in [0.15, 0.2) is 0 Å². The average molecular weight is 281 g/mol. The molecule has 0 atom stereocenters. The number of nitrogens with one attached hydrogen (secondary N) is 1. The molecule has 20 heavy (non-hydrogen) atoms. The van der Waals surface area contributed by atoms with E-state index in [9.17, 15) is 4.79 Å². The Morgan fingerprint density at radius 2 is 1.80 bits per heavy atom. The van der Waals surface area contributed by atoms with Crippen molar-refractivity contribution >= 4 is 5.91 Å². The van der Waals surface area contributed by atoms with Gasteiger partial charge < -0.3 is 10.2 Å². The Hall–Kier alpha value is -0.610. The van der Waals surface area contributed by atoms with Gasteiger partial charge in [0, 0.05) is 19.6 Å². The Morgan fingerprint density at radius 1 is 1.15 bits per heavy atom. The second-order valence-corrected chi connectivity index (χ2v) is 6.32. The van der Waals surface area contributed by atoms with Gasteiger partial charge in [-0.05, 0) is 51.2 Å². The Kier molecular flexibility index (Phi) is 6.80.